The van der Waals surface area contributed by atoms with E-state index in [1.54, 1.807) is 0 Å². The third-order valence-electron chi connectivity index (χ3n) is 2.05. The van der Waals surface area contributed by atoms with Crippen molar-refractivity contribution in [2.45, 2.75) is 11.3 Å². The summed E-state index contributed by atoms with van der Waals surface area (Å²) < 4.78 is 0. The Kier molecular flexibility index (Phi) is 5.16. The van der Waals surface area contributed by atoms with Crippen molar-refractivity contribution < 1.29 is 9.72 Å². The molecular weight excluding hydrogens is 276 g/mol. The minimum atomic E-state index is -0.672. The van der Waals surface area contributed by atoms with E-state index in [2.05, 4.69) is 24.5 Å². The maximum atomic E-state index is 11.0. The molecule has 0 amide bonds. The molecule has 0 bridgehead atoms. The van der Waals surface area contributed by atoms with Crippen LogP contribution in [0.15, 0.2) is 11.0 Å². The monoisotopic (exact) mass is 284 g/mol. The van der Waals surface area contributed by atoms with Crippen LogP contribution in [0, 0.1) is 22.0 Å². The SMILES string of the molecule is NCCC#Cc1c(C=O)c(S)cc(Cl)c1[N+](=O)[O-]. The zero-order valence-electron chi connectivity index (χ0n) is 9.14. The van der Waals surface area contributed by atoms with Crippen LogP contribution in [-0.2, 0) is 0 Å². The van der Waals surface area contributed by atoms with Crippen molar-refractivity contribution in [1.82, 2.24) is 0 Å². The second kappa shape index (κ2) is 6.40. The van der Waals surface area contributed by atoms with Crippen molar-refractivity contribution in [2.24, 2.45) is 5.73 Å². The van der Waals surface area contributed by atoms with Crippen LogP contribution in [0.25, 0.3) is 0 Å². The summed E-state index contributed by atoms with van der Waals surface area (Å²) in [5.74, 6) is 5.21. The number of hydrogen-bond acceptors (Lipinski definition) is 5. The molecule has 0 spiro atoms. The fourth-order valence-corrected chi connectivity index (χ4v) is 1.93. The minimum absolute atomic E-state index is 0.0269. The molecule has 0 atom stereocenters. The third-order valence-corrected chi connectivity index (χ3v) is 2.71. The molecule has 0 saturated carbocycles. The summed E-state index contributed by atoms with van der Waals surface area (Å²) in [6.45, 7) is 0.325. The van der Waals surface area contributed by atoms with Gasteiger partial charge in [0, 0.05) is 17.9 Å². The fourth-order valence-electron chi connectivity index (χ4n) is 1.29. The van der Waals surface area contributed by atoms with Crippen LogP contribution in [0.5, 0.6) is 0 Å². The first-order valence-electron chi connectivity index (χ1n) is 4.86. The van der Waals surface area contributed by atoms with E-state index < -0.39 is 4.92 Å². The Bertz CT molecular complexity index is 564. The van der Waals surface area contributed by atoms with Crippen LogP contribution in [0.4, 0.5) is 5.69 Å². The molecule has 0 fully saturated rings. The van der Waals surface area contributed by atoms with E-state index in [9.17, 15) is 14.9 Å². The normalized spacial score (nSPS) is 9.50. The zero-order chi connectivity index (χ0) is 13.7. The zero-order valence-corrected chi connectivity index (χ0v) is 10.8. The highest BCUT2D eigenvalue weighted by Gasteiger charge is 2.23. The third kappa shape index (κ3) is 3.01. The first kappa shape index (κ1) is 14.5. The number of nitro groups is 1. The van der Waals surface area contributed by atoms with Gasteiger partial charge < -0.3 is 5.73 Å². The number of halogens is 1. The van der Waals surface area contributed by atoms with E-state index in [-0.39, 0.29) is 26.7 Å². The first-order valence-corrected chi connectivity index (χ1v) is 5.69. The smallest absolute Gasteiger partial charge is 0.304 e. The molecule has 0 heterocycles. The maximum absolute atomic E-state index is 11.0. The first-order chi connectivity index (χ1) is 8.52. The molecule has 1 aromatic rings. The molecular formula is C11H9ClN2O3S. The standard InChI is InChI=1S/C11H9ClN2O3S/c12-9-5-10(18)8(6-15)7(3-1-2-4-13)11(9)14(16)17/h5-6,18H,2,4,13H2. The Morgan fingerprint density at radius 2 is 2.28 bits per heavy atom. The lowest BCUT2D eigenvalue weighted by molar-refractivity contribution is -0.385. The lowest BCUT2D eigenvalue weighted by atomic mass is 10.1. The Labute approximate surface area is 114 Å². The van der Waals surface area contributed by atoms with Crippen LogP contribution in [0.2, 0.25) is 5.02 Å². The summed E-state index contributed by atoms with van der Waals surface area (Å²) >= 11 is 9.82. The number of carbonyl (C=O) groups is 1. The number of nitrogens with zero attached hydrogens (tertiary/aromatic N) is 1. The predicted octanol–water partition coefficient (Wildman–Crippen LogP) is 2.05. The van der Waals surface area contributed by atoms with Gasteiger partial charge in [-0.05, 0) is 6.07 Å². The number of thiol groups is 1. The molecule has 2 N–H and O–H groups in total. The summed E-state index contributed by atoms with van der Waals surface area (Å²) in [6.07, 6.45) is 0.835. The second-order valence-electron chi connectivity index (χ2n) is 3.23. The molecule has 0 aliphatic rings. The largest absolute Gasteiger partial charge is 0.330 e. The van der Waals surface area contributed by atoms with Crippen molar-refractivity contribution in [3.8, 4) is 11.8 Å². The van der Waals surface area contributed by atoms with Crippen LogP contribution < -0.4 is 5.73 Å². The van der Waals surface area contributed by atoms with E-state index in [4.69, 9.17) is 17.3 Å². The average molecular weight is 285 g/mol. The van der Waals surface area contributed by atoms with Gasteiger partial charge >= 0.3 is 5.69 Å². The topological polar surface area (TPSA) is 86.2 Å². The van der Waals surface area contributed by atoms with Gasteiger partial charge in [-0.15, -0.1) is 12.6 Å². The lowest BCUT2D eigenvalue weighted by Crippen LogP contribution is -2.00. The van der Waals surface area contributed by atoms with Crippen LogP contribution >= 0.6 is 24.2 Å². The van der Waals surface area contributed by atoms with E-state index >= 15 is 0 Å². The Balaban J connectivity index is 3.56. The van der Waals surface area contributed by atoms with Crippen molar-refractivity contribution in [3.05, 3.63) is 32.3 Å². The van der Waals surface area contributed by atoms with Gasteiger partial charge in [-0.2, -0.15) is 0 Å². The van der Waals surface area contributed by atoms with Gasteiger partial charge in [-0.25, -0.2) is 0 Å². The quantitative estimate of drug-likeness (QED) is 0.292. The molecule has 5 nitrogen and oxygen atoms in total. The van der Waals surface area contributed by atoms with Gasteiger partial charge in [0.25, 0.3) is 0 Å². The fraction of sp³-hybridized carbons (Fsp3) is 0.182. The van der Waals surface area contributed by atoms with Crippen molar-refractivity contribution >= 4 is 36.2 Å². The molecule has 18 heavy (non-hydrogen) atoms. The number of carbonyl (C=O) groups excluding carboxylic acids is 1. The Morgan fingerprint density at radius 1 is 1.61 bits per heavy atom. The lowest BCUT2D eigenvalue weighted by Gasteiger charge is -2.04. The highest BCUT2D eigenvalue weighted by atomic mass is 35.5. The minimum Gasteiger partial charge on any atom is -0.330 e. The summed E-state index contributed by atoms with van der Waals surface area (Å²) in [7, 11) is 0. The van der Waals surface area contributed by atoms with E-state index in [0.29, 0.717) is 19.3 Å². The van der Waals surface area contributed by atoms with Gasteiger partial charge in [0.2, 0.25) is 0 Å². The average Bonchev–Trinajstić information content (AvgIpc) is 2.28. The summed E-state index contributed by atoms with van der Waals surface area (Å²) in [4.78, 5) is 21.5. The molecule has 1 aromatic carbocycles. The van der Waals surface area contributed by atoms with Crippen LogP contribution in [-0.4, -0.2) is 17.8 Å². The Morgan fingerprint density at radius 3 is 2.78 bits per heavy atom. The molecule has 0 aliphatic heterocycles. The van der Waals surface area contributed by atoms with Crippen molar-refractivity contribution in [2.75, 3.05) is 6.54 Å². The summed E-state index contributed by atoms with van der Waals surface area (Å²) in [5, 5.41) is 10.8. The van der Waals surface area contributed by atoms with Gasteiger partial charge in [0.05, 0.1) is 10.5 Å². The number of benzene rings is 1. The molecule has 7 heteroatoms. The molecule has 0 unspecified atom stereocenters. The van der Waals surface area contributed by atoms with Gasteiger partial charge in [-0.3, -0.25) is 14.9 Å². The predicted molar refractivity (Wildman–Crippen MR) is 71.3 cm³/mol. The van der Waals surface area contributed by atoms with Crippen LogP contribution in [0.3, 0.4) is 0 Å². The molecule has 0 saturated heterocycles. The highest BCUT2D eigenvalue weighted by Crippen LogP contribution is 2.33. The number of nitro benzene ring substituents is 1. The van der Waals surface area contributed by atoms with Gasteiger partial charge in [0.15, 0.2) is 6.29 Å². The van der Waals surface area contributed by atoms with E-state index in [1.165, 1.54) is 6.07 Å². The van der Waals surface area contributed by atoms with Crippen molar-refractivity contribution in [3.63, 3.8) is 0 Å². The van der Waals surface area contributed by atoms with E-state index in [1.807, 2.05) is 0 Å². The van der Waals surface area contributed by atoms with Gasteiger partial charge in [-0.1, -0.05) is 23.4 Å². The summed E-state index contributed by atoms with van der Waals surface area (Å²) in [5.41, 5.74) is 4.91. The Hall–Kier alpha value is -1.55. The molecule has 94 valence electrons. The highest BCUT2D eigenvalue weighted by molar-refractivity contribution is 7.80. The van der Waals surface area contributed by atoms with E-state index in [0.717, 1.165) is 0 Å². The second-order valence-corrected chi connectivity index (χ2v) is 4.12. The summed E-state index contributed by atoms with van der Waals surface area (Å²) in [6, 6.07) is 1.25. The number of aldehydes is 1. The molecule has 0 radical (unpaired) electrons. The molecule has 1 rings (SSSR count). The molecule has 0 aliphatic carbocycles. The molecule has 0 aromatic heterocycles. The van der Waals surface area contributed by atoms with Crippen LogP contribution in [0.1, 0.15) is 22.3 Å². The number of nitrogens with two attached hydrogens (primary N) is 1. The maximum Gasteiger partial charge on any atom is 0.304 e. The van der Waals surface area contributed by atoms with Crippen molar-refractivity contribution in [1.29, 1.82) is 0 Å². The van der Waals surface area contributed by atoms with Gasteiger partial charge in [0.1, 0.15) is 10.6 Å². The number of hydrogen-bond donors (Lipinski definition) is 2. The number of rotatable bonds is 3.